The smallest absolute Gasteiger partial charge is 0.227 e. The fraction of sp³-hybridized carbons (Fsp3) is 0.174. The van der Waals surface area contributed by atoms with E-state index >= 15 is 0 Å². The number of rotatable bonds is 7. The third kappa shape index (κ3) is 5.42. The normalized spacial score (nSPS) is 10.4. The number of carbonyl (C=O) groups excluding carboxylic acids is 1. The molecule has 0 saturated carbocycles. The molecule has 0 fully saturated rings. The van der Waals surface area contributed by atoms with Gasteiger partial charge in [0.1, 0.15) is 5.82 Å². The van der Waals surface area contributed by atoms with E-state index in [4.69, 9.17) is 0 Å². The van der Waals surface area contributed by atoms with E-state index in [-0.39, 0.29) is 11.7 Å². The molecule has 0 spiro atoms. The van der Waals surface area contributed by atoms with Crippen LogP contribution in [0, 0.1) is 5.82 Å². The Morgan fingerprint density at radius 3 is 2.26 bits per heavy atom. The van der Waals surface area contributed by atoms with Gasteiger partial charge in [0.2, 0.25) is 5.91 Å². The van der Waals surface area contributed by atoms with Gasteiger partial charge in [0.15, 0.2) is 0 Å². The Balaban J connectivity index is 1.52. The second-order valence-electron chi connectivity index (χ2n) is 6.55. The number of amides is 1. The fourth-order valence-electron chi connectivity index (χ4n) is 2.83. The van der Waals surface area contributed by atoms with Gasteiger partial charge in [-0.15, -0.1) is 0 Å². The lowest BCUT2D eigenvalue weighted by molar-refractivity contribution is -0.129. The highest BCUT2D eigenvalue weighted by atomic mass is 19.1. The van der Waals surface area contributed by atoms with Gasteiger partial charge in [-0.25, -0.2) is 4.39 Å². The van der Waals surface area contributed by atoms with Crippen LogP contribution in [0.25, 0.3) is 0 Å². The molecule has 1 N–H and O–H groups in total. The van der Waals surface area contributed by atoms with Crippen molar-refractivity contribution in [3.63, 3.8) is 0 Å². The number of likely N-dealkylation sites (N-methyl/N-ethyl adjacent to an activating group) is 1. The number of benzene rings is 3. The number of nitrogens with one attached hydrogen (secondary N) is 1. The van der Waals surface area contributed by atoms with Crippen molar-refractivity contribution in [2.24, 2.45) is 0 Å². The molecular weight excluding hydrogens is 339 g/mol. The summed E-state index contributed by atoms with van der Waals surface area (Å²) in [6.07, 6.45) is 0.358. The molecule has 0 aliphatic heterocycles. The fourth-order valence-corrected chi connectivity index (χ4v) is 2.83. The van der Waals surface area contributed by atoms with E-state index in [9.17, 15) is 9.18 Å². The van der Waals surface area contributed by atoms with Crippen LogP contribution in [-0.4, -0.2) is 17.9 Å². The van der Waals surface area contributed by atoms with Crippen LogP contribution < -0.4 is 5.32 Å². The van der Waals surface area contributed by atoms with E-state index in [2.05, 4.69) is 5.32 Å². The standard InChI is InChI=1S/C23H23FN2O/c1-26(17-19-7-3-2-4-8-19)23(27)15-18-11-13-21(14-12-18)25-16-20-9-5-6-10-22(20)24/h2-14,25H,15-17H2,1H3. The topological polar surface area (TPSA) is 32.3 Å². The maximum absolute atomic E-state index is 13.6. The minimum Gasteiger partial charge on any atom is -0.381 e. The molecule has 0 unspecified atom stereocenters. The zero-order valence-corrected chi connectivity index (χ0v) is 15.4. The molecule has 3 rings (SSSR count). The van der Waals surface area contributed by atoms with Crippen molar-refractivity contribution in [3.8, 4) is 0 Å². The second kappa shape index (κ2) is 8.99. The first kappa shape index (κ1) is 18.6. The van der Waals surface area contributed by atoms with Crippen molar-refractivity contribution in [3.05, 3.63) is 101 Å². The lowest BCUT2D eigenvalue weighted by atomic mass is 10.1. The van der Waals surface area contributed by atoms with Crippen molar-refractivity contribution in [1.82, 2.24) is 4.90 Å². The summed E-state index contributed by atoms with van der Waals surface area (Å²) < 4.78 is 13.6. The number of anilines is 1. The molecule has 138 valence electrons. The first-order valence-corrected chi connectivity index (χ1v) is 8.96. The number of carbonyl (C=O) groups is 1. The van der Waals surface area contributed by atoms with Crippen LogP contribution in [0.5, 0.6) is 0 Å². The third-order valence-electron chi connectivity index (χ3n) is 4.44. The molecule has 0 aromatic heterocycles. The Hall–Kier alpha value is -3.14. The molecule has 27 heavy (non-hydrogen) atoms. The molecule has 3 aromatic carbocycles. The van der Waals surface area contributed by atoms with Crippen LogP contribution in [0.1, 0.15) is 16.7 Å². The van der Waals surface area contributed by atoms with Gasteiger partial charge in [-0.2, -0.15) is 0 Å². The molecule has 3 aromatic rings. The van der Waals surface area contributed by atoms with E-state index in [0.717, 1.165) is 16.8 Å². The van der Waals surface area contributed by atoms with Gasteiger partial charge in [0.05, 0.1) is 6.42 Å². The maximum Gasteiger partial charge on any atom is 0.227 e. The average Bonchev–Trinajstić information content (AvgIpc) is 2.69. The third-order valence-corrected chi connectivity index (χ3v) is 4.44. The minimum atomic E-state index is -0.214. The predicted molar refractivity (Wildman–Crippen MR) is 107 cm³/mol. The summed E-state index contributed by atoms with van der Waals surface area (Å²) in [7, 11) is 1.82. The predicted octanol–water partition coefficient (Wildman–Crippen LogP) is 4.64. The van der Waals surface area contributed by atoms with Crippen LogP contribution in [0.3, 0.4) is 0 Å². The summed E-state index contributed by atoms with van der Waals surface area (Å²) in [4.78, 5) is 14.2. The van der Waals surface area contributed by atoms with Gasteiger partial charge in [-0.3, -0.25) is 4.79 Å². The van der Waals surface area contributed by atoms with Crippen molar-refractivity contribution < 1.29 is 9.18 Å². The van der Waals surface area contributed by atoms with Gasteiger partial charge in [0.25, 0.3) is 0 Å². The number of hydrogen-bond acceptors (Lipinski definition) is 2. The van der Waals surface area contributed by atoms with Gasteiger partial charge in [-0.05, 0) is 29.3 Å². The summed E-state index contributed by atoms with van der Waals surface area (Å²) in [6.45, 7) is 1.02. The SMILES string of the molecule is CN(Cc1ccccc1)C(=O)Cc1ccc(NCc2ccccc2F)cc1. The molecule has 0 aliphatic rings. The molecule has 0 saturated heterocycles. The van der Waals surface area contributed by atoms with E-state index < -0.39 is 0 Å². The second-order valence-corrected chi connectivity index (χ2v) is 6.55. The van der Waals surface area contributed by atoms with Crippen molar-refractivity contribution in [2.75, 3.05) is 12.4 Å². The van der Waals surface area contributed by atoms with Gasteiger partial charge >= 0.3 is 0 Å². The molecule has 0 heterocycles. The van der Waals surface area contributed by atoms with Gasteiger partial charge in [0, 0.05) is 31.4 Å². The Morgan fingerprint density at radius 2 is 1.56 bits per heavy atom. The number of nitrogens with zero attached hydrogens (tertiary/aromatic N) is 1. The highest BCUT2D eigenvalue weighted by molar-refractivity contribution is 5.78. The Bertz CT molecular complexity index is 878. The molecule has 1 amide bonds. The molecule has 0 bridgehead atoms. The number of hydrogen-bond donors (Lipinski definition) is 1. The average molecular weight is 362 g/mol. The van der Waals surface area contributed by atoms with Crippen LogP contribution in [-0.2, 0) is 24.3 Å². The molecular formula is C23H23FN2O. The van der Waals surface area contributed by atoms with Crippen LogP contribution in [0.2, 0.25) is 0 Å². The van der Waals surface area contributed by atoms with Crippen molar-refractivity contribution in [2.45, 2.75) is 19.5 Å². The summed E-state index contributed by atoms with van der Waals surface area (Å²) in [6, 6.07) is 24.3. The van der Waals surface area contributed by atoms with Crippen molar-refractivity contribution >= 4 is 11.6 Å². The summed E-state index contributed by atoms with van der Waals surface area (Å²) in [5.74, 6) is -0.139. The molecule has 0 radical (unpaired) electrons. The first-order valence-electron chi connectivity index (χ1n) is 8.96. The minimum absolute atomic E-state index is 0.0749. The zero-order chi connectivity index (χ0) is 19.1. The maximum atomic E-state index is 13.6. The van der Waals surface area contributed by atoms with Gasteiger partial charge in [-0.1, -0.05) is 60.7 Å². The number of halogens is 1. The van der Waals surface area contributed by atoms with E-state index in [1.165, 1.54) is 6.07 Å². The summed E-state index contributed by atoms with van der Waals surface area (Å²) in [5.41, 5.74) is 3.59. The molecule has 4 heteroatoms. The first-order chi connectivity index (χ1) is 13.1. The van der Waals surface area contributed by atoms with Crippen LogP contribution in [0.15, 0.2) is 78.9 Å². The molecule has 0 aliphatic carbocycles. The van der Waals surface area contributed by atoms with Gasteiger partial charge < -0.3 is 10.2 Å². The Kier molecular flexibility index (Phi) is 6.21. The van der Waals surface area contributed by atoms with E-state index in [1.54, 1.807) is 17.0 Å². The highest BCUT2D eigenvalue weighted by Crippen LogP contribution is 2.14. The monoisotopic (exact) mass is 362 g/mol. The van der Waals surface area contributed by atoms with E-state index in [0.29, 0.717) is 25.1 Å². The largest absolute Gasteiger partial charge is 0.381 e. The van der Waals surface area contributed by atoms with Crippen LogP contribution >= 0.6 is 0 Å². The zero-order valence-electron chi connectivity index (χ0n) is 15.4. The summed E-state index contributed by atoms with van der Waals surface area (Å²) in [5, 5.41) is 3.20. The molecule has 0 atom stereocenters. The quantitative estimate of drug-likeness (QED) is 0.664. The van der Waals surface area contributed by atoms with E-state index in [1.807, 2.05) is 67.7 Å². The van der Waals surface area contributed by atoms with Crippen molar-refractivity contribution in [1.29, 1.82) is 0 Å². The molecule has 3 nitrogen and oxygen atoms in total. The van der Waals surface area contributed by atoms with Crippen LogP contribution in [0.4, 0.5) is 10.1 Å². The Labute approximate surface area is 159 Å². The summed E-state index contributed by atoms with van der Waals surface area (Å²) >= 11 is 0. The lowest BCUT2D eigenvalue weighted by Crippen LogP contribution is -2.27. The lowest BCUT2D eigenvalue weighted by Gasteiger charge is -2.17. The highest BCUT2D eigenvalue weighted by Gasteiger charge is 2.10. The Morgan fingerprint density at radius 1 is 0.889 bits per heavy atom.